The van der Waals surface area contributed by atoms with Crippen LogP contribution in [0.15, 0.2) is 0 Å². The van der Waals surface area contributed by atoms with E-state index in [1.54, 1.807) is 0 Å². The van der Waals surface area contributed by atoms with Crippen LogP contribution in [0.5, 0.6) is 0 Å². The second-order valence-electron chi connectivity index (χ2n) is 2.92. The van der Waals surface area contributed by atoms with Crippen LogP contribution in [0.2, 0.25) is 0 Å². The molecule has 10 heavy (non-hydrogen) atoms. The lowest BCUT2D eigenvalue weighted by Gasteiger charge is -2.33. The molecule has 0 spiro atoms. The smallest absolute Gasteiger partial charge is 0.0590 e. The summed E-state index contributed by atoms with van der Waals surface area (Å²) in [6.45, 7) is 8.04. The molecule has 1 rings (SSSR count). The molecule has 1 aliphatic heterocycles. The number of hydrogen-bond donors (Lipinski definition) is 1. The van der Waals surface area contributed by atoms with Gasteiger partial charge in [-0.05, 0) is 13.8 Å². The highest BCUT2D eigenvalue weighted by Crippen LogP contribution is 2.09. The first kappa shape index (κ1) is 8.74. The van der Waals surface area contributed by atoms with Gasteiger partial charge in [-0.25, -0.2) is 0 Å². The van der Waals surface area contributed by atoms with Crippen LogP contribution in [0.3, 0.4) is 0 Å². The number of piperazine rings is 1. The number of nitrogens with one attached hydrogen (secondary N) is 1. The fraction of sp³-hybridized carbons (Fsp3) is 1.00. The lowest BCUT2D eigenvalue weighted by Crippen LogP contribution is -2.50. The van der Waals surface area contributed by atoms with Crippen molar-refractivity contribution in [2.24, 2.45) is 0 Å². The van der Waals surface area contributed by atoms with Crippen LogP contribution in [-0.4, -0.2) is 34.6 Å². The average molecular weight is 254 g/mol. The van der Waals surface area contributed by atoms with Gasteiger partial charge in [-0.1, -0.05) is 22.6 Å². The predicted octanol–water partition coefficient (Wildman–Crippen LogP) is 1.06. The molecule has 0 unspecified atom stereocenters. The summed E-state index contributed by atoms with van der Waals surface area (Å²) in [5.74, 6) is 0. The Balaban J connectivity index is 2.32. The summed E-state index contributed by atoms with van der Waals surface area (Å²) in [6, 6.07) is 0.672. The number of hydrogen-bond acceptors (Lipinski definition) is 2. The maximum Gasteiger partial charge on any atom is 0.0590 e. The minimum Gasteiger partial charge on any atom is -0.312 e. The van der Waals surface area contributed by atoms with Gasteiger partial charge in [-0.15, -0.1) is 0 Å². The Kier molecular flexibility index (Phi) is 3.39. The topological polar surface area (TPSA) is 15.3 Å². The third-order valence-corrected chi connectivity index (χ3v) is 2.69. The van der Waals surface area contributed by atoms with Gasteiger partial charge < -0.3 is 5.32 Å². The lowest BCUT2D eigenvalue weighted by molar-refractivity contribution is 0.208. The van der Waals surface area contributed by atoms with Gasteiger partial charge in [0.2, 0.25) is 0 Å². The van der Waals surface area contributed by atoms with Crippen LogP contribution in [-0.2, 0) is 0 Å². The molecular weight excluding hydrogens is 239 g/mol. The normalized spacial score (nSPS) is 32.1. The molecule has 60 valence electrons. The molecule has 3 heteroatoms. The maximum absolute atomic E-state index is 3.42. The van der Waals surface area contributed by atoms with E-state index in [-0.39, 0.29) is 0 Å². The summed E-state index contributed by atoms with van der Waals surface area (Å²) in [5, 5.41) is 3.42. The molecule has 0 saturated carbocycles. The molecule has 2 atom stereocenters. The van der Waals surface area contributed by atoms with Gasteiger partial charge in [0.15, 0.2) is 0 Å². The molecular formula is C7H15IN2. The average Bonchev–Trinajstić information content (AvgIpc) is 1.88. The van der Waals surface area contributed by atoms with Gasteiger partial charge >= 0.3 is 0 Å². The Morgan fingerprint density at radius 2 is 2.40 bits per heavy atom. The van der Waals surface area contributed by atoms with E-state index >= 15 is 0 Å². The fourth-order valence-electron chi connectivity index (χ4n) is 1.29. The molecule has 0 aromatic heterocycles. The molecule has 0 aromatic carbocycles. The van der Waals surface area contributed by atoms with Gasteiger partial charge in [-0.2, -0.15) is 0 Å². The van der Waals surface area contributed by atoms with E-state index in [9.17, 15) is 0 Å². The third kappa shape index (κ3) is 2.36. The second kappa shape index (κ2) is 3.88. The summed E-state index contributed by atoms with van der Waals surface area (Å²) in [6.07, 6.45) is 0. The first-order valence-electron chi connectivity index (χ1n) is 3.81. The van der Waals surface area contributed by atoms with Crippen molar-refractivity contribution in [3.63, 3.8) is 0 Å². The number of rotatable bonds is 1. The molecule has 0 aliphatic carbocycles. The third-order valence-electron chi connectivity index (χ3n) is 1.90. The van der Waals surface area contributed by atoms with Crippen molar-refractivity contribution in [2.45, 2.75) is 23.9 Å². The van der Waals surface area contributed by atoms with E-state index in [0.717, 1.165) is 6.54 Å². The standard InChI is InChI=1S/C7H15IN2/c1-6-5-10(7(2)8)4-3-9-6/h6-7,9H,3-5H2,1-2H3/t6-,7+/m0/s1. The zero-order valence-electron chi connectivity index (χ0n) is 6.60. The van der Waals surface area contributed by atoms with E-state index in [2.05, 4.69) is 46.7 Å². The maximum atomic E-state index is 3.42. The Morgan fingerprint density at radius 1 is 1.70 bits per heavy atom. The summed E-state index contributed by atoms with van der Waals surface area (Å²) in [5.41, 5.74) is 0. The number of halogens is 1. The second-order valence-corrected chi connectivity index (χ2v) is 4.73. The Hall–Kier alpha value is 0.650. The highest BCUT2D eigenvalue weighted by molar-refractivity contribution is 14.1. The Morgan fingerprint density at radius 3 is 2.80 bits per heavy atom. The van der Waals surface area contributed by atoms with E-state index in [1.165, 1.54) is 13.1 Å². The molecule has 1 heterocycles. The van der Waals surface area contributed by atoms with Crippen molar-refractivity contribution in [1.29, 1.82) is 0 Å². The minimum atomic E-state index is 0.672. The quantitative estimate of drug-likeness (QED) is 0.427. The van der Waals surface area contributed by atoms with E-state index < -0.39 is 0 Å². The van der Waals surface area contributed by atoms with Crippen LogP contribution in [0.25, 0.3) is 0 Å². The van der Waals surface area contributed by atoms with Crippen molar-refractivity contribution in [3.05, 3.63) is 0 Å². The van der Waals surface area contributed by atoms with Crippen LogP contribution >= 0.6 is 22.6 Å². The first-order valence-corrected chi connectivity index (χ1v) is 5.06. The van der Waals surface area contributed by atoms with Gasteiger partial charge in [0.25, 0.3) is 0 Å². The van der Waals surface area contributed by atoms with Crippen LogP contribution in [0.1, 0.15) is 13.8 Å². The van der Waals surface area contributed by atoms with E-state index in [1.807, 2.05) is 0 Å². The molecule has 1 aliphatic rings. The van der Waals surface area contributed by atoms with Crippen molar-refractivity contribution < 1.29 is 0 Å². The Labute approximate surface area is 76.5 Å². The summed E-state index contributed by atoms with van der Waals surface area (Å²) in [4.78, 5) is 2.50. The summed E-state index contributed by atoms with van der Waals surface area (Å²) >= 11 is 2.47. The largest absolute Gasteiger partial charge is 0.312 e. The number of alkyl halides is 1. The van der Waals surface area contributed by atoms with Crippen LogP contribution < -0.4 is 5.32 Å². The van der Waals surface area contributed by atoms with Gasteiger partial charge in [0, 0.05) is 25.7 Å². The molecule has 1 saturated heterocycles. The zero-order chi connectivity index (χ0) is 7.56. The molecule has 1 fully saturated rings. The van der Waals surface area contributed by atoms with E-state index in [0.29, 0.717) is 10.1 Å². The fourth-order valence-corrected chi connectivity index (χ4v) is 1.79. The molecule has 0 radical (unpaired) electrons. The van der Waals surface area contributed by atoms with Crippen molar-refractivity contribution >= 4 is 22.6 Å². The summed E-state index contributed by atoms with van der Waals surface area (Å²) < 4.78 is 0.683. The molecule has 0 aromatic rings. The SMILES string of the molecule is C[C@H](I)N1CCN[C@@H](C)C1. The molecule has 0 bridgehead atoms. The van der Waals surface area contributed by atoms with Crippen molar-refractivity contribution in [3.8, 4) is 0 Å². The van der Waals surface area contributed by atoms with Crippen LogP contribution in [0.4, 0.5) is 0 Å². The van der Waals surface area contributed by atoms with Crippen molar-refractivity contribution in [1.82, 2.24) is 10.2 Å². The van der Waals surface area contributed by atoms with Gasteiger partial charge in [0.05, 0.1) is 4.05 Å². The predicted molar refractivity (Wildman–Crippen MR) is 52.5 cm³/mol. The van der Waals surface area contributed by atoms with Crippen LogP contribution in [0, 0.1) is 0 Å². The monoisotopic (exact) mass is 254 g/mol. The highest BCUT2D eigenvalue weighted by atomic mass is 127. The Bertz CT molecular complexity index is 106. The lowest BCUT2D eigenvalue weighted by atomic mass is 10.2. The van der Waals surface area contributed by atoms with Gasteiger partial charge in [-0.3, -0.25) is 4.90 Å². The number of nitrogens with zero attached hydrogens (tertiary/aromatic N) is 1. The van der Waals surface area contributed by atoms with Crippen molar-refractivity contribution in [2.75, 3.05) is 19.6 Å². The van der Waals surface area contributed by atoms with Gasteiger partial charge in [0.1, 0.15) is 0 Å². The molecule has 1 N–H and O–H groups in total. The zero-order valence-corrected chi connectivity index (χ0v) is 8.76. The highest BCUT2D eigenvalue weighted by Gasteiger charge is 2.17. The minimum absolute atomic E-state index is 0.672. The first-order chi connectivity index (χ1) is 4.70. The molecule has 0 amide bonds. The molecule has 2 nitrogen and oxygen atoms in total. The van der Waals surface area contributed by atoms with E-state index in [4.69, 9.17) is 0 Å². The summed E-state index contributed by atoms with van der Waals surface area (Å²) in [7, 11) is 0.